The summed E-state index contributed by atoms with van der Waals surface area (Å²) in [5.41, 5.74) is 0. The minimum absolute atomic E-state index is 0.0880. The molecule has 0 aliphatic heterocycles. The first-order valence-electron chi connectivity index (χ1n) is 13.3. The summed E-state index contributed by atoms with van der Waals surface area (Å²) in [6, 6.07) is 0. The summed E-state index contributed by atoms with van der Waals surface area (Å²) in [6.45, 7) is 4.43. The molecule has 0 heterocycles. The van der Waals surface area contributed by atoms with Gasteiger partial charge in [-0.1, -0.05) is 103 Å². The second-order valence-electron chi connectivity index (χ2n) is 8.88. The molecule has 0 spiro atoms. The lowest BCUT2D eigenvalue weighted by molar-refractivity contribution is -0.147. The van der Waals surface area contributed by atoms with Crippen LogP contribution in [0, 0.1) is 0 Å². The van der Waals surface area contributed by atoms with Crippen LogP contribution in [0.5, 0.6) is 0 Å². The molecule has 0 rings (SSSR count). The number of rotatable bonds is 23. The van der Waals surface area contributed by atoms with Gasteiger partial charge < -0.3 is 9.84 Å². The minimum Gasteiger partial charge on any atom is -0.481 e. The van der Waals surface area contributed by atoms with Crippen molar-refractivity contribution in [3.8, 4) is 0 Å². The quantitative estimate of drug-likeness (QED) is 0.0962. The summed E-state index contributed by atoms with van der Waals surface area (Å²) in [5.74, 6) is -0.817. The van der Waals surface area contributed by atoms with Crippen molar-refractivity contribution in [3.05, 3.63) is 24.3 Å². The normalized spacial score (nSPS) is 12.6. The topological polar surface area (TPSA) is 63.6 Å². The van der Waals surface area contributed by atoms with Gasteiger partial charge in [0.2, 0.25) is 0 Å². The van der Waals surface area contributed by atoms with Gasteiger partial charge in [0.05, 0.1) is 0 Å². The van der Waals surface area contributed by atoms with E-state index in [1.54, 1.807) is 0 Å². The summed E-state index contributed by atoms with van der Waals surface area (Å²) >= 11 is 0. The zero-order valence-corrected chi connectivity index (χ0v) is 21.0. The van der Waals surface area contributed by atoms with E-state index in [1.807, 2.05) is 6.08 Å². The average molecular weight is 451 g/mol. The molecule has 0 aromatic heterocycles. The molecule has 32 heavy (non-hydrogen) atoms. The van der Waals surface area contributed by atoms with E-state index in [9.17, 15) is 9.59 Å². The lowest BCUT2D eigenvalue weighted by Crippen LogP contribution is -2.16. The number of hydrogen-bond donors (Lipinski definition) is 1. The molecule has 0 radical (unpaired) electrons. The van der Waals surface area contributed by atoms with E-state index in [-0.39, 0.29) is 18.5 Å². The SMILES string of the molecule is CCCC/C=C\C/C=C\C(CCCCCCC(=O)O)OC(=O)CCCCCCCCCC. The molecule has 0 aromatic carbocycles. The zero-order chi connectivity index (χ0) is 23.7. The lowest BCUT2D eigenvalue weighted by Gasteiger charge is -2.14. The van der Waals surface area contributed by atoms with Crippen LogP contribution >= 0.6 is 0 Å². The summed E-state index contributed by atoms with van der Waals surface area (Å²) in [6.07, 6.45) is 27.7. The van der Waals surface area contributed by atoms with Crippen LogP contribution in [0.3, 0.4) is 0 Å². The molecule has 186 valence electrons. The standard InChI is InChI=1S/C28H50O4/c1-3-5-7-9-11-13-15-21-25-28(31)32-26(22-18-14-12-10-8-6-4-2)23-19-16-17-20-24-27(29)30/h10,12,18,22,26H,3-9,11,13-17,19-21,23-25H2,1-2H3,(H,29,30)/b12-10-,22-18-. The van der Waals surface area contributed by atoms with Crippen molar-refractivity contribution in [2.75, 3.05) is 0 Å². The fraction of sp³-hybridized carbons (Fsp3) is 0.786. The monoisotopic (exact) mass is 450 g/mol. The molecule has 1 atom stereocenters. The predicted octanol–water partition coefficient (Wildman–Crippen LogP) is 8.55. The summed E-state index contributed by atoms with van der Waals surface area (Å²) in [7, 11) is 0. The lowest BCUT2D eigenvalue weighted by atomic mass is 10.1. The molecular formula is C28H50O4. The van der Waals surface area contributed by atoms with Gasteiger partial charge in [-0.25, -0.2) is 0 Å². The van der Waals surface area contributed by atoms with E-state index in [0.717, 1.165) is 57.8 Å². The van der Waals surface area contributed by atoms with Crippen LogP contribution in [0.15, 0.2) is 24.3 Å². The Kier molecular flexibility index (Phi) is 22.9. The molecule has 0 amide bonds. The van der Waals surface area contributed by atoms with Gasteiger partial charge in [-0.05, 0) is 44.6 Å². The molecule has 0 saturated heterocycles. The third kappa shape index (κ3) is 23.1. The minimum atomic E-state index is -0.729. The van der Waals surface area contributed by atoms with Gasteiger partial charge in [-0.3, -0.25) is 9.59 Å². The number of ether oxygens (including phenoxy) is 1. The van der Waals surface area contributed by atoms with Crippen LogP contribution in [-0.4, -0.2) is 23.1 Å². The van der Waals surface area contributed by atoms with Crippen molar-refractivity contribution < 1.29 is 19.4 Å². The Bertz CT molecular complexity index is 496. The van der Waals surface area contributed by atoms with E-state index >= 15 is 0 Å². The largest absolute Gasteiger partial charge is 0.481 e. The van der Waals surface area contributed by atoms with Crippen molar-refractivity contribution >= 4 is 11.9 Å². The number of aliphatic carboxylic acids is 1. The Morgan fingerprint density at radius 1 is 0.719 bits per heavy atom. The van der Waals surface area contributed by atoms with Gasteiger partial charge in [-0.15, -0.1) is 0 Å². The molecule has 1 unspecified atom stereocenters. The fourth-order valence-corrected chi connectivity index (χ4v) is 3.65. The Morgan fingerprint density at radius 3 is 1.97 bits per heavy atom. The molecule has 0 fully saturated rings. The number of unbranched alkanes of at least 4 members (excludes halogenated alkanes) is 12. The maximum absolute atomic E-state index is 12.3. The maximum Gasteiger partial charge on any atom is 0.306 e. The first-order chi connectivity index (χ1) is 15.6. The molecule has 4 nitrogen and oxygen atoms in total. The van der Waals surface area contributed by atoms with Gasteiger partial charge in [0, 0.05) is 12.8 Å². The Hall–Kier alpha value is -1.58. The van der Waals surface area contributed by atoms with E-state index in [1.165, 1.54) is 51.4 Å². The van der Waals surface area contributed by atoms with Gasteiger partial charge in [0.15, 0.2) is 0 Å². The van der Waals surface area contributed by atoms with E-state index in [2.05, 4.69) is 32.1 Å². The summed E-state index contributed by atoms with van der Waals surface area (Å²) in [4.78, 5) is 22.9. The molecule has 0 aliphatic carbocycles. The van der Waals surface area contributed by atoms with Gasteiger partial charge in [0.25, 0.3) is 0 Å². The van der Waals surface area contributed by atoms with Crippen molar-refractivity contribution in [1.82, 2.24) is 0 Å². The Balaban J connectivity index is 4.20. The van der Waals surface area contributed by atoms with Gasteiger partial charge in [0.1, 0.15) is 6.10 Å². The van der Waals surface area contributed by atoms with Crippen LogP contribution in [0.1, 0.15) is 136 Å². The fourth-order valence-electron chi connectivity index (χ4n) is 3.65. The van der Waals surface area contributed by atoms with Gasteiger partial charge >= 0.3 is 11.9 Å². The highest BCUT2D eigenvalue weighted by Gasteiger charge is 2.11. The van der Waals surface area contributed by atoms with Crippen LogP contribution in [0.4, 0.5) is 0 Å². The van der Waals surface area contributed by atoms with Gasteiger partial charge in [-0.2, -0.15) is 0 Å². The first-order valence-corrected chi connectivity index (χ1v) is 13.3. The summed E-state index contributed by atoms with van der Waals surface area (Å²) < 4.78 is 5.76. The molecule has 0 aromatic rings. The second-order valence-corrected chi connectivity index (χ2v) is 8.88. The molecule has 1 N–H and O–H groups in total. The smallest absolute Gasteiger partial charge is 0.306 e. The molecule has 0 aliphatic rings. The third-order valence-electron chi connectivity index (χ3n) is 5.66. The number of hydrogen-bond acceptors (Lipinski definition) is 3. The van der Waals surface area contributed by atoms with Crippen LogP contribution in [0.25, 0.3) is 0 Å². The van der Waals surface area contributed by atoms with Crippen molar-refractivity contribution in [2.45, 2.75) is 142 Å². The molecule has 4 heteroatoms. The number of esters is 1. The van der Waals surface area contributed by atoms with Crippen LogP contribution in [0.2, 0.25) is 0 Å². The maximum atomic E-state index is 12.3. The second kappa shape index (κ2) is 24.1. The average Bonchev–Trinajstić information content (AvgIpc) is 2.76. The number of allylic oxidation sites excluding steroid dienone is 3. The highest BCUT2D eigenvalue weighted by atomic mass is 16.5. The summed E-state index contributed by atoms with van der Waals surface area (Å²) in [5, 5.41) is 8.73. The predicted molar refractivity (Wildman–Crippen MR) is 135 cm³/mol. The third-order valence-corrected chi connectivity index (χ3v) is 5.66. The number of carboxylic acid groups (broad SMARTS) is 1. The molecule has 0 bridgehead atoms. The zero-order valence-electron chi connectivity index (χ0n) is 21.0. The van der Waals surface area contributed by atoms with Crippen molar-refractivity contribution in [1.29, 1.82) is 0 Å². The number of carbonyl (C=O) groups is 2. The number of carbonyl (C=O) groups excluding carboxylic acids is 1. The Labute approximate surface area is 197 Å². The molecule has 0 saturated carbocycles. The van der Waals surface area contributed by atoms with Crippen LogP contribution in [-0.2, 0) is 14.3 Å². The highest BCUT2D eigenvalue weighted by Crippen LogP contribution is 2.14. The molecular weight excluding hydrogens is 400 g/mol. The van der Waals surface area contributed by atoms with Crippen molar-refractivity contribution in [3.63, 3.8) is 0 Å². The highest BCUT2D eigenvalue weighted by molar-refractivity contribution is 5.69. The van der Waals surface area contributed by atoms with Crippen molar-refractivity contribution in [2.24, 2.45) is 0 Å². The Morgan fingerprint density at radius 2 is 1.31 bits per heavy atom. The van der Waals surface area contributed by atoms with E-state index in [0.29, 0.717) is 6.42 Å². The van der Waals surface area contributed by atoms with E-state index in [4.69, 9.17) is 9.84 Å². The number of carboxylic acids is 1. The van der Waals surface area contributed by atoms with E-state index < -0.39 is 5.97 Å². The first kappa shape index (κ1) is 30.4. The van der Waals surface area contributed by atoms with Crippen LogP contribution < -0.4 is 0 Å².